The molecule has 2 aromatic rings. The van der Waals surface area contributed by atoms with Crippen LogP contribution in [-0.4, -0.2) is 62.0 Å². The minimum atomic E-state index is -3.44. The van der Waals surface area contributed by atoms with Crippen LogP contribution in [0.15, 0.2) is 23.1 Å². The first kappa shape index (κ1) is 18.8. The van der Waals surface area contributed by atoms with Crippen LogP contribution in [0.4, 0.5) is 5.13 Å². The minimum absolute atomic E-state index is 0.425. The molecule has 0 spiro atoms. The van der Waals surface area contributed by atoms with Crippen LogP contribution in [-0.2, 0) is 34.0 Å². The van der Waals surface area contributed by atoms with Crippen LogP contribution in [0.3, 0.4) is 0 Å². The second kappa shape index (κ2) is 7.83. The summed E-state index contributed by atoms with van der Waals surface area (Å²) < 4.78 is 37.0. The molecule has 1 aliphatic carbocycles. The molecule has 0 N–H and O–H groups in total. The molecule has 2 aliphatic rings. The Hall–Kier alpha value is -1.55. The third-order valence-electron chi connectivity index (χ3n) is 5.20. The molecule has 1 fully saturated rings. The molecule has 0 unspecified atom stereocenters. The Morgan fingerprint density at radius 3 is 2.70 bits per heavy atom. The Morgan fingerprint density at radius 1 is 1.15 bits per heavy atom. The molecule has 146 valence electrons. The standard InChI is InChI=1S/C18H24N4O3S2/c1-25-12-7-17-19-18(26-20-17)21-8-10-22(11-9-21)27(23,24)16-6-5-14-3-2-4-15(14)13-16/h5-6,13H,2-4,7-12H2,1H3. The lowest BCUT2D eigenvalue weighted by molar-refractivity contribution is 0.201. The highest BCUT2D eigenvalue weighted by atomic mass is 32.2. The summed E-state index contributed by atoms with van der Waals surface area (Å²) in [6.45, 7) is 2.79. The number of sulfonamides is 1. The fourth-order valence-electron chi connectivity index (χ4n) is 3.65. The van der Waals surface area contributed by atoms with Gasteiger partial charge < -0.3 is 9.64 Å². The summed E-state index contributed by atoms with van der Waals surface area (Å²) in [6.07, 6.45) is 3.85. The van der Waals surface area contributed by atoms with Crippen molar-refractivity contribution in [1.29, 1.82) is 0 Å². The molecule has 1 aromatic heterocycles. The zero-order valence-corrected chi connectivity index (χ0v) is 17.1. The second-order valence-corrected chi connectivity index (χ2v) is 9.58. The van der Waals surface area contributed by atoms with Gasteiger partial charge in [-0.2, -0.15) is 8.68 Å². The van der Waals surface area contributed by atoms with Gasteiger partial charge in [0.25, 0.3) is 0 Å². The van der Waals surface area contributed by atoms with Crippen molar-refractivity contribution in [3.63, 3.8) is 0 Å². The van der Waals surface area contributed by atoms with Crippen molar-refractivity contribution in [1.82, 2.24) is 13.7 Å². The first-order valence-electron chi connectivity index (χ1n) is 9.26. The van der Waals surface area contributed by atoms with Crippen molar-refractivity contribution >= 4 is 26.7 Å². The molecule has 0 atom stereocenters. The third kappa shape index (κ3) is 3.87. The van der Waals surface area contributed by atoms with E-state index in [4.69, 9.17) is 4.74 Å². The number of ether oxygens (including phenoxy) is 1. The van der Waals surface area contributed by atoms with E-state index in [0.717, 1.165) is 30.2 Å². The highest BCUT2D eigenvalue weighted by Crippen LogP contribution is 2.27. The van der Waals surface area contributed by atoms with Crippen LogP contribution in [0.5, 0.6) is 0 Å². The molecule has 9 heteroatoms. The van der Waals surface area contributed by atoms with Gasteiger partial charge in [0.2, 0.25) is 15.2 Å². The summed E-state index contributed by atoms with van der Waals surface area (Å²) in [7, 11) is -1.78. The maximum Gasteiger partial charge on any atom is 0.243 e. The topological polar surface area (TPSA) is 75.6 Å². The van der Waals surface area contributed by atoms with E-state index < -0.39 is 10.0 Å². The number of fused-ring (bicyclic) bond motifs is 1. The van der Waals surface area contributed by atoms with E-state index in [-0.39, 0.29) is 0 Å². The summed E-state index contributed by atoms with van der Waals surface area (Å²) in [4.78, 5) is 7.08. The van der Waals surface area contributed by atoms with Crippen molar-refractivity contribution in [2.45, 2.75) is 30.6 Å². The van der Waals surface area contributed by atoms with Crippen molar-refractivity contribution in [3.05, 3.63) is 35.2 Å². The predicted molar refractivity (Wildman–Crippen MR) is 105 cm³/mol. The maximum atomic E-state index is 13.0. The first-order valence-corrected chi connectivity index (χ1v) is 11.5. The van der Waals surface area contributed by atoms with E-state index in [0.29, 0.717) is 44.1 Å². The quantitative estimate of drug-likeness (QED) is 0.725. The van der Waals surface area contributed by atoms with Crippen molar-refractivity contribution in [2.75, 3.05) is 44.8 Å². The van der Waals surface area contributed by atoms with Gasteiger partial charge in [-0.05, 0) is 42.5 Å². The molecule has 4 rings (SSSR count). The fraction of sp³-hybridized carbons (Fsp3) is 0.556. The summed E-state index contributed by atoms with van der Waals surface area (Å²) in [6, 6.07) is 5.61. The molecule has 0 radical (unpaired) electrons. The van der Waals surface area contributed by atoms with Gasteiger partial charge in [-0.1, -0.05) is 6.07 Å². The van der Waals surface area contributed by atoms with Crippen LogP contribution in [0.1, 0.15) is 23.4 Å². The Bertz CT molecular complexity index is 905. The number of rotatable bonds is 6. The van der Waals surface area contributed by atoms with Gasteiger partial charge in [0.05, 0.1) is 11.5 Å². The largest absolute Gasteiger partial charge is 0.384 e. The summed E-state index contributed by atoms with van der Waals surface area (Å²) in [5.41, 5.74) is 2.48. The molecule has 0 bridgehead atoms. The summed E-state index contributed by atoms with van der Waals surface area (Å²) in [5, 5.41) is 0.857. The summed E-state index contributed by atoms with van der Waals surface area (Å²) >= 11 is 1.37. The number of anilines is 1. The van der Waals surface area contributed by atoms with E-state index in [2.05, 4.69) is 14.3 Å². The smallest absolute Gasteiger partial charge is 0.243 e. The molecular weight excluding hydrogens is 384 g/mol. The zero-order valence-electron chi connectivity index (χ0n) is 15.4. The van der Waals surface area contributed by atoms with Crippen molar-refractivity contribution in [3.8, 4) is 0 Å². The lowest BCUT2D eigenvalue weighted by atomic mass is 10.1. The Labute approximate surface area is 164 Å². The molecule has 2 heterocycles. The van der Waals surface area contributed by atoms with Crippen LogP contribution in [0, 0.1) is 0 Å². The molecule has 7 nitrogen and oxygen atoms in total. The highest BCUT2D eigenvalue weighted by molar-refractivity contribution is 7.89. The molecule has 0 saturated carbocycles. The van der Waals surface area contributed by atoms with Crippen molar-refractivity contribution in [2.24, 2.45) is 0 Å². The Balaban J connectivity index is 1.41. The normalized spacial score (nSPS) is 18.0. The molecule has 1 saturated heterocycles. The van der Waals surface area contributed by atoms with Crippen LogP contribution < -0.4 is 4.90 Å². The number of hydrogen-bond donors (Lipinski definition) is 0. The van der Waals surface area contributed by atoms with Crippen molar-refractivity contribution < 1.29 is 13.2 Å². The zero-order chi connectivity index (χ0) is 18.9. The highest BCUT2D eigenvalue weighted by Gasteiger charge is 2.30. The number of benzene rings is 1. The van der Waals surface area contributed by atoms with E-state index in [1.807, 2.05) is 12.1 Å². The molecular formula is C18H24N4O3S2. The van der Waals surface area contributed by atoms with Gasteiger partial charge in [-0.3, -0.25) is 0 Å². The number of nitrogens with zero attached hydrogens (tertiary/aromatic N) is 4. The van der Waals surface area contributed by atoms with Crippen LogP contribution in [0.25, 0.3) is 0 Å². The van der Waals surface area contributed by atoms with E-state index in [1.54, 1.807) is 17.5 Å². The van der Waals surface area contributed by atoms with Gasteiger partial charge in [0, 0.05) is 51.2 Å². The van der Waals surface area contributed by atoms with E-state index >= 15 is 0 Å². The van der Waals surface area contributed by atoms with Gasteiger partial charge >= 0.3 is 0 Å². The number of piperazine rings is 1. The lowest BCUT2D eigenvalue weighted by Gasteiger charge is -2.33. The van der Waals surface area contributed by atoms with E-state index in [9.17, 15) is 8.42 Å². The fourth-order valence-corrected chi connectivity index (χ4v) is 5.88. The predicted octanol–water partition coefficient (Wildman–Crippen LogP) is 1.73. The van der Waals surface area contributed by atoms with Crippen LogP contribution >= 0.6 is 11.5 Å². The minimum Gasteiger partial charge on any atom is -0.384 e. The maximum absolute atomic E-state index is 13.0. The monoisotopic (exact) mass is 408 g/mol. The van der Waals surface area contributed by atoms with Crippen LogP contribution in [0.2, 0.25) is 0 Å². The second-order valence-electron chi connectivity index (χ2n) is 6.91. The first-order chi connectivity index (χ1) is 13.1. The molecule has 27 heavy (non-hydrogen) atoms. The Morgan fingerprint density at radius 2 is 1.93 bits per heavy atom. The van der Waals surface area contributed by atoms with Gasteiger partial charge in [0.15, 0.2) is 0 Å². The van der Waals surface area contributed by atoms with Gasteiger partial charge in [0.1, 0.15) is 5.82 Å². The van der Waals surface area contributed by atoms with Gasteiger partial charge in [-0.15, -0.1) is 0 Å². The number of aryl methyl sites for hydroxylation is 2. The number of hydrogen-bond acceptors (Lipinski definition) is 7. The number of aromatic nitrogens is 2. The lowest BCUT2D eigenvalue weighted by Crippen LogP contribution is -2.48. The summed E-state index contributed by atoms with van der Waals surface area (Å²) in [5.74, 6) is 0.782. The average Bonchev–Trinajstić information content (AvgIpc) is 3.35. The molecule has 1 aliphatic heterocycles. The molecule has 1 aromatic carbocycles. The van der Waals surface area contributed by atoms with E-state index in [1.165, 1.54) is 22.7 Å². The number of methoxy groups -OCH3 is 1. The SMILES string of the molecule is COCCc1nsc(N2CCN(S(=O)(=O)c3ccc4c(c3)CCC4)CC2)n1. The average molecular weight is 409 g/mol. The third-order valence-corrected chi connectivity index (χ3v) is 7.91. The Kier molecular flexibility index (Phi) is 5.45. The molecule has 0 amide bonds. The van der Waals surface area contributed by atoms with Gasteiger partial charge in [-0.25, -0.2) is 13.4 Å².